The molecule has 1 aromatic heterocycles. The topological polar surface area (TPSA) is 62.3 Å². The molecule has 0 aromatic carbocycles. The first-order valence-corrected chi connectivity index (χ1v) is 6.36. The number of hydrogen-bond acceptors (Lipinski definition) is 6. The molecule has 0 atom stereocenters. The first-order chi connectivity index (χ1) is 9.13. The van der Waals surface area contributed by atoms with Gasteiger partial charge in [-0.3, -0.25) is 0 Å². The van der Waals surface area contributed by atoms with Crippen LogP contribution >= 0.6 is 0 Å². The van der Waals surface area contributed by atoms with Gasteiger partial charge in [0.2, 0.25) is 5.95 Å². The Morgan fingerprint density at radius 2 is 2.11 bits per heavy atom. The van der Waals surface area contributed by atoms with Crippen LogP contribution in [-0.4, -0.2) is 61.8 Å². The Bertz CT molecular complexity index is 375. The molecule has 0 spiro atoms. The largest absolute Gasteiger partial charge is 0.378 e. The third kappa shape index (κ3) is 6.30. The molecular weight excluding hydrogens is 249 g/mol. The summed E-state index contributed by atoms with van der Waals surface area (Å²) in [5, 5.41) is 5.83. The average molecular weight is 271 g/mol. The summed E-state index contributed by atoms with van der Waals surface area (Å²) in [6.45, 7) is 5.16. The van der Waals surface area contributed by atoms with E-state index >= 15 is 0 Å². The van der Waals surface area contributed by atoms with Crippen LogP contribution in [-0.2, 0) is 4.74 Å². The molecule has 0 radical (unpaired) electrons. The molecule has 0 unspecified atom stereocenters. The van der Waals surface area contributed by atoms with Gasteiger partial charge in [0.05, 0.1) is 19.4 Å². The van der Waals surface area contributed by atoms with Crippen LogP contribution in [0.2, 0.25) is 0 Å². The van der Waals surface area contributed by atoms with Crippen molar-refractivity contribution >= 4 is 11.8 Å². The second-order valence-corrected chi connectivity index (χ2v) is 4.26. The number of nitrogens with one attached hydrogen (secondary N) is 2. The van der Waals surface area contributed by atoms with E-state index in [0.29, 0.717) is 32.3 Å². The molecule has 0 fully saturated rings. The second-order valence-electron chi connectivity index (χ2n) is 4.26. The van der Waals surface area contributed by atoms with Crippen molar-refractivity contribution < 1.29 is 9.13 Å². The Kier molecular flexibility index (Phi) is 7.06. The van der Waals surface area contributed by atoms with Crippen LogP contribution in [0.1, 0.15) is 6.92 Å². The molecule has 2 N–H and O–H groups in total. The van der Waals surface area contributed by atoms with Gasteiger partial charge in [0.1, 0.15) is 0 Å². The minimum Gasteiger partial charge on any atom is -0.378 e. The Balaban J connectivity index is 2.30. The molecule has 0 aliphatic rings. The van der Waals surface area contributed by atoms with E-state index in [1.165, 1.54) is 0 Å². The SMILES string of the molecule is CCNc1ncc(F)c(NCCOCCN(C)C)n1. The van der Waals surface area contributed by atoms with Crippen LogP contribution in [0, 0.1) is 5.82 Å². The van der Waals surface area contributed by atoms with Crippen LogP contribution in [0.4, 0.5) is 16.2 Å². The van der Waals surface area contributed by atoms with Crippen LogP contribution in [0.5, 0.6) is 0 Å². The minimum atomic E-state index is -0.463. The second kappa shape index (κ2) is 8.60. The highest BCUT2D eigenvalue weighted by atomic mass is 19.1. The summed E-state index contributed by atoms with van der Waals surface area (Å²) in [5.41, 5.74) is 0. The fraction of sp³-hybridized carbons (Fsp3) is 0.667. The van der Waals surface area contributed by atoms with Crippen LogP contribution in [0.25, 0.3) is 0 Å². The highest BCUT2D eigenvalue weighted by Crippen LogP contribution is 2.11. The molecular formula is C12H22FN5O. The van der Waals surface area contributed by atoms with Gasteiger partial charge in [-0.25, -0.2) is 9.37 Å². The summed E-state index contributed by atoms with van der Waals surface area (Å²) in [6.07, 6.45) is 1.15. The van der Waals surface area contributed by atoms with Gasteiger partial charge in [0, 0.05) is 19.6 Å². The maximum atomic E-state index is 13.4. The third-order valence-corrected chi connectivity index (χ3v) is 2.30. The Morgan fingerprint density at radius 3 is 2.79 bits per heavy atom. The molecule has 0 saturated carbocycles. The van der Waals surface area contributed by atoms with Crippen LogP contribution in [0.15, 0.2) is 6.20 Å². The molecule has 6 nitrogen and oxygen atoms in total. The van der Waals surface area contributed by atoms with Crippen molar-refractivity contribution in [3.63, 3.8) is 0 Å². The van der Waals surface area contributed by atoms with E-state index in [1.54, 1.807) is 0 Å². The standard InChI is InChI=1S/C12H22FN5O/c1-4-14-12-16-9-10(13)11(17-12)15-5-7-19-8-6-18(2)3/h9H,4-8H2,1-3H3,(H2,14,15,16,17). The van der Waals surface area contributed by atoms with Crippen molar-refractivity contribution in [3.05, 3.63) is 12.0 Å². The van der Waals surface area contributed by atoms with Crippen molar-refractivity contribution in [2.45, 2.75) is 6.92 Å². The first-order valence-electron chi connectivity index (χ1n) is 6.36. The van der Waals surface area contributed by atoms with Gasteiger partial charge >= 0.3 is 0 Å². The summed E-state index contributed by atoms with van der Waals surface area (Å²) in [4.78, 5) is 9.91. The summed E-state index contributed by atoms with van der Waals surface area (Å²) in [6, 6.07) is 0. The Labute approximate surface area is 113 Å². The Morgan fingerprint density at radius 1 is 1.32 bits per heavy atom. The quantitative estimate of drug-likeness (QED) is 0.654. The lowest BCUT2D eigenvalue weighted by atomic mass is 10.5. The number of likely N-dealkylation sites (N-methyl/N-ethyl adjacent to an activating group) is 1. The van der Waals surface area contributed by atoms with E-state index in [2.05, 4.69) is 20.6 Å². The average Bonchev–Trinajstić information content (AvgIpc) is 2.37. The zero-order valence-corrected chi connectivity index (χ0v) is 11.7. The van der Waals surface area contributed by atoms with Gasteiger partial charge in [-0.1, -0.05) is 0 Å². The predicted octanol–water partition coefficient (Wildman–Crippen LogP) is 1.04. The highest BCUT2D eigenvalue weighted by molar-refractivity contribution is 5.40. The number of ether oxygens (including phenoxy) is 1. The van der Waals surface area contributed by atoms with E-state index in [1.807, 2.05) is 25.9 Å². The van der Waals surface area contributed by atoms with Crippen LogP contribution < -0.4 is 10.6 Å². The van der Waals surface area contributed by atoms with Crippen molar-refractivity contribution in [1.29, 1.82) is 0 Å². The molecule has 1 rings (SSSR count). The van der Waals surface area contributed by atoms with Gasteiger partial charge in [0.15, 0.2) is 11.6 Å². The fourth-order valence-corrected chi connectivity index (χ4v) is 1.33. The Hall–Kier alpha value is -1.47. The summed E-state index contributed by atoms with van der Waals surface area (Å²) < 4.78 is 18.8. The summed E-state index contributed by atoms with van der Waals surface area (Å²) in [7, 11) is 3.97. The third-order valence-electron chi connectivity index (χ3n) is 2.30. The molecule has 7 heteroatoms. The molecule has 108 valence electrons. The van der Waals surface area contributed by atoms with Gasteiger partial charge in [-0.05, 0) is 21.0 Å². The van der Waals surface area contributed by atoms with Crippen molar-refractivity contribution in [3.8, 4) is 0 Å². The van der Waals surface area contributed by atoms with Crippen LogP contribution in [0.3, 0.4) is 0 Å². The number of nitrogens with zero attached hydrogens (tertiary/aromatic N) is 3. The monoisotopic (exact) mass is 271 g/mol. The van der Waals surface area contributed by atoms with Gasteiger partial charge < -0.3 is 20.3 Å². The number of hydrogen-bond donors (Lipinski definition) is 2. The predicted molar refractivity (Wildman–Crippen MR) is 74.0 cm³/mol. The normalized spacial score (nSPS) is 10.8. The molecule has 0 bridgehead atoms. The molecule has 0 aliphatic heterocycles. The smallest absolute Gasteiger partial charge is 0.224 e. The number of anilines is 2. The number of rotatable bonds is 9. The van der Waals surface area contributed by atoms with E-state index in [-0.39, 0.29) is 5.82 Å². The van der Waals surface area contributed by atoms with Crippen molar-refractivity contribution in [1.82, 2.24) is 14.9 Å². The van der Waals surface area contributed by atoms with Crippen molar-refractivity contribution in [2.75, 3.05) is 57.6 Å². The maximum Gasteiger partial charge on any atom is 0.224 e. The van der Waals surface area contributed by atoms with Gasteiger partial charge in [-0.2, -0.15) is 4.98 Å². The lowest BCUT2D eigenvalue weighted by Crippen LogP contribution is -2.20. The van der Waals surface area contributed by atoms with E-state index in [0.717, 1.165) is 12.7 Å². The number of halogens is 1. The maximum absolute atomic E-state index is 13.4. The molecule has 0 saturated heterocycles. The van der Waals surface area contributed by atoms with E-state index < -0.39 is 5.82 Å². The van der Waals surface area contributed by atoms with E-state index in [9.17, 15) is 4.39 Å². The first kappa shape index (κ1) is 15.6. The van der Waals surface area contributed by atoms with E-state index in [4.69, 9.17) is 4.74 Å². The molecule has 19 heavy (non-hydrogen) atoms. The molecule has 0 aliphatic carbocycles. The molecule has 1 aromatic rings. The minimum absolute atomic E-state index is 0.196. The summed E-state index contributed by atoms with van der Waals surface area (Å²) in [5.74, 6) is 0.150. The van der Waals surface area contributed by atoms with Gasteiger partial charge in [0.25, 0.3) is 0 Å². The fourth-order valence-electron chi connectivity index (χ4n) is 1.33. The highest BCUT2D eigenvalue weighted by Gasteiger charge is 2.05. The van der Waals surface area contributed by atoms with Gasteiger partial charge in [-0.15, -0.1) is 0 Å². The summed E-state index contributed by atoms with van der Waals surface area (Å²) >= 11 is 0. The lowest BCUT2D eigenvalue weighted by Gasteiger charge is -2.11. The zero-order chi connectivity index (χ0) is 14.1. The number of aromatic nitrogens is 2. The molecule has 0 amide bonds. The lowest BCUT2D eigenvalue weighted by molar-refractivity contribution is 0.126. The van der Waals surface area contributed by atoms with Crippen molar-refractivity contribution in [2.24, 2.45) is 0 Å². The molecule has 1 heterocycles. The zero-order valence-electron chi connectivity index (χ0n) is 11.7.